The van der Waals surface area contributed by atoms with Crippen molar-refractivity contribution in [3.63, 3.8) is 0 Å². The van der Waals surface area contributed by atoms with Gasteiger partial charge in [-0.1, -0.05) is 18.9 Å². The second-order valence-electron chi connectivity index (χ2n) is 4.36. The third-order valence-corrected chi connectivity index (χ3v) is 3.47. The fourth-order valence-corrected chi connectivity index (χ4v) is 2.15. The lowest BCUT2D eigenvalue weighted by Crippen LogP contribution is -2.14. The maximum Gasteiger partial charge on any atom is 0.283 e. The van der Waals surface area contributed by atoms with E-state index in [9.17, 15) is 10.1 Å². The van der Waals surface area contributed by atoms with Gasteiger partial charge in [0.1, 0.15) is 0 Å². The van der Waals surface area contributed by atoms with Gasteiger partial charge in [0, 0.05) is 19.2 Å². The maximum atomic E-state index is 10.8. The topological polar surface area (TPSA) is 75.4 Å². The van der Waals surface area contributed by atoms with Crippen molar-refractivity contribution in [2.75, 3.05) is 13.2 Å². The summed E-state index contributed by atoms with van der Waals surface area (Å²) >= 11 is 3.17. The van der Waals surface area contributed by atoms with Crippen LogP contribution < -0.4 is 5.32 Å². The molecular weight excluding hydrogens is 312 g/mol. The normalized spacial score (nSPS) is 10.6. The van der Waals surface area contributed by atoms with Crippen LogP contribution in [0.1, 0.15) is 31.2 Å². The van der Waals surface area contributed by atoms with Crippen molar-refractivity contribution in [1.82, 2.24) is 5.32 Å². The number of halogens is 1. The molecular formula is C13H19BrN2O3. The Morgan fingerprint density at radius 2 is 2.00 bits per heavy atom. The minimum Gasteiger partial charge on any atom is -0.396 e. The molecule has 0 saturated carbocycles. The molecule has 2 N–H and O–H groups in total. The molecule has 0 aromatic heterocycles. The van der Waals surface area contributed by atoms with E-state index in [1.807, 2.05) is 6.07 Å². The third kappa shape index (κ3) is 6.13. The van der Waals surface area contributed by atoms with Crippen LogP contribution in [0.2, 0.25) is 0 Å². The Balaban J connectivity index is 2.30. The van der Waals surface area contributed by atoms with E-state index >= 15 is 0 Å². The molecule has 0 fully saturated rings. The van der Waals surface area contributed by atoms with E-state index in [0.717, 1.165) is 37.8 Å². The summed E-state index contributed by atoms with van der Waals surface area (Å²) in [5, 5.41) is 22.7. The molecule has 106 valence electrons. The average molecular weight is 331 g/mol. The summed E-state index contributed by atoms with van der Waals surface area (Å²) in [4.78, 5) is 10.4. The number of benzene rings is 1. The van der Waals surface area contributed by atoms with Crippen molar-refractivity contribution in [2.45, 2.75) is 32.2 Å². The highest BCUT2D eigenvalue weighted by Crippen LogP contribution is 2.25. The minimum atomic E-state index is -0.386. The second-order valence-corrected chi connectivity index (χ2v) is 5.21. The highest BCUT2D eigenvalue weighted by molar-refractivity contribution is 9.10. The van der Waals surface area contributed by atoms with Crippen molar-refractivity contribution >= 4 is 21.6 Å². The zero-order valence-corrected chi connectivity index (χ0v) is 12.4. The van der Waals surface area contributed by atoms with Crippen LogP contribution in [-0.4, -0.2) is 23.2 Å². The molecule has 0 aliphatic rings. The van der Waals surface area contributed by atoms with Gasteiger partial charge < -0.3 is 10.4 Å². The predicted octanol–water partition coefficient (Wildman–Crippen LogP) is 3.00. The third-order valence-electron chi connectivity index (χ3n) is 2.80. The Bertz CT molecular complexity index is 413. The quantitative estimate of drug-likeness (QED) is 0.414. The second kappa shape index (κ2) is 9.01. The standard InChI is InChI=1S/C13H19BrN2O3/c14-12-6-5-11(9-13(12)16(18)19)10-15-7-3-1-2-4-8-17/h5-6,9,15,17H,1-4,7-8,10H2. The highest BCUT2D eigenvalue weighted by atomic mass is 79.9. The van der Waals surface area contributed by atoms with Crippen LogP contribution in [0.5, 0.6) is 0 Å². The molecule has 1 aromatic rings. The van der Waals surface area contributed by atoms with Gasteiger partial charge >= 0.3 is 0 Å². The molecule has 0 spiro atoms. The number of rotatable bonds is 9. The highest BCUT2D eigenvalue weighted by Gasteiger charge is 2.11. The van der Waals surface area contributed by atoms with E-state index < -0.39 is 0 Å². The first-order valence-electron chi connectivity index (χ1n) is 6.39. The molecule has 0 saturated heterocycles. The molecule has 0 bridgehead atoms. The molecule has 19 heavy (non-hydrogen) atoms. The monoisotopic (exact) mass is 330 g/mol. The van der Waals surface area contributed by atoms with Crippen LogP contribution in [0, 0.1) is 10.1 Å². The smallest absolute Gasteiger partial charge is 0.283 e. The molecule has 0 atom stereocenters. The molecule has 5 nitrogen and oxygen atoms in total. The number of nitro groups is 1. The van der Waals surface area contributed by atoms with Gasteiger partial charge in [-0.05, 0) is 46.9 Å². The molecule has 0 radical (unpaired) electrons. The number of unbranched alkanes of at least 4 members (excludes halogenated alkanes) is 3. The fourth-order valence-electron chi connectivity index (χ4n) is 1.76. The number of aliphatic hydroxyl groups excluding tert-OH is 1. The van der Waals surface area contributed by atoms with Crippen molar-refractivity contribution in [1.29, 1.82) is 0 Å². The Morgan fingerprint density at radius 1 is 1.26 bits per heavy atom. The SMILES string of the molecule is O=[N+]([O-])c1cc(CNCCCCCCO)ccc1Br. The number of hydrogen-bond acceptors (Lipinski definition) is 4. The Labute approximate surface area is 121 Å². The van der Waals surface area contributed by atoms with E-state index in [1.54, 1.807) is 12.1 Å². The Hall–Kier alpha value is -0.980. The Kier molecular flexibility index (Phi) is 7.62. The summed E-state index contributed by atoms with van der Waals surface area (Å²) in [6, 6.07) is 5.16. The molecule has 0 aliphatic heterocycles. The lowest BCUT2D eigenvalue weighted by atomic mass is 10.2. The number of nitrogens with one attached hydrogen (secondary N) is 1. The van der Waals surface area contributed by atoms with Gasteiger partial charge in [-0.25, -0.2) is 0 Å². The van der Waals surface area contributed by atoms with Crippen LogP contribution in [-0.2, 0) is 6.54 Å². The lowest BCUT2D eigenvalue weighted by Gasteiger charge is -2.05. The average Bonchev–Trinajstić information content (AvgIpc) is 2.39. The number of hydrogen-bond donors (Lipinski definition) is 2. The van der Waals surface area contributed by atoms with Gasteiger partial charge in [-0.2, -0.15) is 0 Å². The molecule has 0 amide bonds. The summed E-state index contributed by atoms with van der Waals surface area (Å²) < 4.78 is 0.505. The molecule has 0 unspecified atom stereocenters. The van der Waals surface area contributed by atoms with Crippen molar-refractivity contribution in [3.8, 4) is 0 Å². The summed E-state index contributed by atoms with van der Waals surface area (Å²) in [7, 11) is 0. The zero-order chi connectivity index (χ0) is 14.1. The van der Waals surface area contributed by atoms with E-state index in [-0.39, 0.29) is 17.2 Å². The fraction of sp³-hybridized carbons (Fsp3) is 0.538. The van der Waals surface area contributed by atoms with E-state index in [4.69, 9.17) is 5.11 Å². The molecule has 0 aliphatic carbocycles. The first-order chi connectivity index (χ1) is 9.15. The van der Waals surface area contributed by atoms with Gasteiger partial charge in [0.2, 0.25) is 0 Å². The lowest BCUT2D eigenvalue weighted by molar-refractivity contribution is -0.385. The molecule has 1 aromatic carbocycles. The Morgan fingerprint density at radius 3 is 2.68 bits per heavy atom. The van der Waals surface area contributed by atoms with E-state index in [0.29, 0.717) is 11.0 Å². The van der Waals surface area contributed by atoms with Crippen LogP contribution in [0.25, 0.3) is 0 Å². The number of aliphatic hydroxyl groups is 1. The van der Waals surface area contributed by atoms with Crippen molar-refractivity contribution < 1.29 is 10.0 Å². The number of nitro benzene ring substituents is 1. The summed E-state index contributed by atoms with van der Waals surface area (Å²) in [5.74, 6) is 0. The number of nitrogens with zero attached hydrogens (tertiary/aromatic N) is 1. The van der Waals surface area contributed by atoms with Crippen LogP contribution in [0.3, 0.4) is 0 Å². The first-order valence-corrected chi connectivity index (χ1v) is 7.19. The minimum absolute atomic E-state index is 0.0993. The zero-order valence-electron chi connectivity index (χ0n) is 10.8. The van der Waals surface area contributed by atoms with Crippen LogP contribution in [0.15, 0.2) is 22.7 Å². The molecule has 0 heterocycles. The summed E-state index contributed by atoms with van der Waals surface area (Å²) in [6.45, 7) is 1.78. The summed E-state index contributed by atoms with van der Waals surface area (Å²) in [5.41, 5.74) is 1.01. The van der Waals surface area contributed by atoms with Crippen LogP contribution >= 0.6 is 15.9 Å². The van der Waals surface area contributed by atoms with Gasteiger partial charge in [-0.3, -0.25) is 10.1 Å². The van der Waals surface area contributed by atoms with Crippen LogP contribution in [0.4, 0.5) is 5.69 Å². The predicted molar refractivity (Wildman–Crippen MR) is 78.1 cm³/mol. The van der Waals surface area contributed by atoms with E-state index in [1.165, 1.54) is 0 Å². The largest absolute Gasteiger partial charge is 0.396 e. The molecule has 1 rings (SSSR count). The van der Waals surface area contributed by atoms with Gasteiger partial charge in [-0.15, -0.1) is 0 Å². The first kappa shape index (κ1) is 16.1. The van der Waals surface area contributed by atoms with Gasteiger partial charge in [0.25, 0.3) is 5.69 Å². The van der Waals surface area contributed by atoms with E-state index in [2.05, 4.69) is 21.2 Å². The maximum absolute atomic E-state index is 10.8. The molecule has 6 heteroatoms. The summed E-state index contributed by atoms with van der Waals surface area (Å²) in [6.07, 6.45) is 4.05. The van der Waals surface area contributed by atoms with Crippen molar-refractivity contribution in [3.05, 3.63) is 38.3 Å². The van der Waals surface area contributed by atoms with Gasteiger partial charge in [0.15, 0.2) is 0 Å². The van der Waals surface area contributed by atoms with Crippen molar-refractivity contribution in [2.24, 2.45) is 0 Å². The van der Waals surface area contributed by atoms with Gasteiger partial charge in [0.05, 0.1) is 9.40 Å².